The summed E-state index contributed by atoms with van der Waals surface area (Å²) < 4.78 is 1.14. The molecule has 0 saturated heterocycles. The molecule has 0 aromatic heterocycles. The Morgan fingerprint density at radius 1 is 1.00 bits per heavy atom. The number of rotatable bonds is 4. The van der Waals surface area contributed by atoms with Gasteiger partial charge in [0, 0.05) is 23.0 Å². The molecule has 0 heterocycles. The van der Waals surface area contributed by atoms with Gasteiger partial charge in [0.05, 0.1) is 0 Å². The minimum absolute atomic E-state index is 0.649. The highest BCUT2D eigenvalue weighted by Crippen LogP contribution is 2.40. The lowest BCUT2D eigenvalue weighted by Crippen LogP contribution is -2.17. The monoisotopic (exact) mass is 301 g/mol. The molecule has 1 aliphatic rings. The zero-order chi connectivity index (χ0) is 12.4. The van der Waals surface area contributed by atoms with Crippen molar-refractivity contribution in [1.29, 1.82) is 0 Å². The average molecular weight is 302 g/mol. The summed E-state index contributed by atoms with van der Waals surface area (Å²) in [6, 6.07) is 20.0. The van der Waals surface area contributed by atoms with Crippen LogP contribution in [0, 0.1) is 0 Å². The van der Waals surface area contributed by atoms with Crippen LogP contribution in [0.1, 0.15) is 23.5 Å². The zero-order valence-electron chi connectivity index (χ0n) is 10.1. The maximum atomic E-state index is 3.63. The molecule has 1 fully saturated rings. The summed E-state index contributed by atoms with van der Waals surface area (Å²) >= 11 is 3.46. The first-order valence-corrected chi connectivity index (χ1v) is 7.15. The van der Waals surface area contributed by atoms with E-state index in [0.29, 0.717) is 12.0 Å². The smallest absolute Gasteiger partial charge is 0.0208 e. The SMILES string of the molecule is Brc1ccc(CN[C@H]2C[C@@H]2c2ccccc2)cc1. The molecular formula is C16H16BrN. The van der Waals surface area contributed by atoms with E-state index in [1.54, 1.807) is 0 Å². The summed E-state index contributed by atoms with van der Waals surface area (Å²) in [5, 5.41) is 3.63. The van der Waals surface area contributed by atoms with Crippen molar-refractivity contribution < 1.29 is 0 Å². The van der Waals surface area contributed by atoms with Gasteiger partial charge in [0.25, 0.3) is 0 Å². The lowest BCUT2D eigenvalue weighted by Gasteiger charge is -2.05. The second-order valence-corrected chi connectivity index (χ2v) is 5.78. The maximum Gasteiger partial charge on any atom is 0.0208 e. The quantitative estimate of drug-likeness (QED) is 0.897. The minimum atomic E-state index is 0.649. The molecule has 0 spiro atoms. The Morgan fingerprint density at radius 2 is 1.72 bits per heavy atom. The zero-order valence-corrected chi connectivity index (χ0v) is 11.7. The fourth-order valence-electron chi connectivity index (χ4n) is 2.34. The lowest BCUT2D eigenvalue weighted by molar-refractivity contribution is 0.672. The van der Waals surface area contributed by atoms with E-state index in [0.717, 1.165) is 11.0 Å². The van der Waals surface area contributed by atoms with Crippen molar-refractivity contribution in [3.05, 3.63) is 70.2 Å². The summed E-state index contributed by atoms with van der Waals surface area (Å²) in [7, 11) is 0. The molecular weight excluding hydrogens is 286 g/mol. The van der Waals surface area contributed by atoms with E-state index in [1.807, 2.05) is 0 Å². The molecule has 3 rings (SSSR count). The van der Waals surface area contributed by atoms with Gasteiger partial charge in [-0.1, -0.05) is 58.4 Å². The summed E-state index contributed by atoms with van der Waals surface area (Å²) in [5.41, 5.74) is 2.81. The van der Waals surface area contributed by atoms with E-state index < -0.39 is 0 Å². The molecule has 2 aromatic carbocycles. The van der Waals surface area contributed by atoms with E-state index in [1.165, 1.54) is 17.5 Å². The van der Waals surface area contributed by atoms with Crippen LogP contribution in [0.25, 0.3) is 0 Å². The topological polar surface area (TPSA) is 12.0 Å². The summed E-state index contributed by atoms with van der Waals surface area (Å²) in [4.78, 5) is 0. The van der Waals surface area contributed by atoms with Gasteiger partial charge in [0.1, 0.15) is 0 Å². The molecule has 18 heavy (non-hydrogen) atoms. The number of halogens is 1. The van der Waals surface area contributed by atoms with Crippen LogP contribution in [0.5, 0.6) is 0 Å². The molecule has 1 aliphatic carbocycles. The Morgan fingerprint density at radius 3 is 2.44 bits per heavy atom. The van der Waals surface area contributed by atoms with Crippen LogP contribution < -0.4 is 5.32 Å². The molecule has 92 valence electrons. The highest BCUT2D eigenvalue weighted by Gasteiger charge is 2.37. The van der Waals surface area contributed by atoms with Gasteiger partial charge in [-0.05, 0) is 29.7 Å². The number of benzene rings is 2. The van der Waals surface area contributed by atoms with Gasteiger partial charge in [-0.15, -0.1) is 0 Å². The van der Waals surface area contributed by atoms with Crippen molar-refractivity contribution in [1.82, 2.24) is 5.32 Å². The van der Waals surface area contributed by atoms with Gasteiger partial charge in [0.2, 0.25) is 0 Å². The van der Waals surface area contributed by atoms with Crippen molar-refractivity contribution >= 4 is 15.9 Å². The molecule has 0 amide bonds. The average Bonchev–Trinajstić information content (AvgIpc) is 3.19. The molecule has 0 aliphatic heterocycles. The third kappa shape index (κ3) is 2.82. The van der Waals surface area contributed by atoms with Crippen LogP contribution in [0.4, 0.5) is 0 Å². The summed E-state index contributed by atoms with van der Waals surface area (Å²) in [6.07, 6.45) is 1.26. The van der Waals surface area contributed by atoms with Gasteiger partial charge in [-0.3, -0.25) is 0 Å². The number of hydrogen-bond donors (Lipinski definition) is 1. The Labute approximate surface area is 116 Å². The van der Waals surface area contributed by atoms with Gasteiger partial charge < -0.3 is 5.32 Å². The van der Waals surface area contributed by atoms with Crippen molar-refractivity contribution in [3.63, 3.8) is 0 Å². The van der Waals surface area contributed by atoms with Crippen LogP contribution in [0.2, 0.25) is 0 Å². The van der Waals surface area contributed by atoms with Crippen molar-refractivity contribution in [2.75, 3.05) is 0 Å². The Bertz CT molecular complexity index is 506. The van der Waals surface area contributed by atoms with Crippen LogP contribution >= 0.6 is 15.9 Å². The number of hydrogen-bond acceptors (Lipinski definition) is 1. The van der Waals surface area contributed by atoms with E-state index in [2.05, 4.69) is 75.8 Å². The van der Waals surface area contributed by atoms with Crippen LogP contribution in [-0.2, 0) is 6.54 Å². The molecule has 1 nitrogen and oxygen atoms in total. The number of nitrogens with one attached hydrogen (secondary N) is 1. The lowest BCUT2D eigenvalue weighted by atomic mass is 10.1. The highest BCUT2D eigenvalue weighted by atomic mass is 79.9. The second kappa shape index (κ2) is 5.25. The van der Waals surface area contributed by atoms with Crippen LogP contribution in [0.3, 0.4) is 0 Å². The Balaban J connectivity index is 1.53. The minimum Gasteiger partial charge on any atom is -0.309 e. The fraction of sp³-hybridized carbons (Fsp3) is 0.250. The van der Waals surface area contributed by atoms with Crippen molar-refractivity contribution in [2.24, 2.45) is 0 Å². The first-order valence-electron chi connectivity index (χ1n) is 6.36. The van der Waals surface area contributed by atoms with Crippen molar-refractivity contribution in [3.8, 4) is 0 Å². The predicted octanol–water partition coefficient (Wildman–Crippen LogP) is 4.09. The molecule has 2 atom stereocenters. The van der Waals surface area contributed by atoms with Crippen LogP contribution in [0.15, 0.2) is 59.1 Å². The van der Waals surface area contributed by atoms with E-state index in [9.17, 15) is 0 Å². The van der Waals surface area contributed by atoms with Crippen LogP contribution in [-0.4, -0.2) is 6.04 Å². The molecule has 0 radical (unpaired) electrons. The Kier molecular flexibility index (Phi) is 3.48. The molecule has 1 N–H and O–H groups in total. The predicted molar refractivity (Wildman–Crippen MR) is 78.6 cm³/mol. The third-order valence-electron chi connectivity index (χ3n) is 3.50. The first kappa shape index (κ1) is 11.9. The van der Waals surface area contributed by atoms with E-state index >= 15 is 0 Å². The maximum absolute atomic E-state index is 3.63. The third-order valence-corrected chi connectivity index (χ3v) is 4.03. The molecule has 2 aromatic rings. The summed E-state index contributed by atoms with van der Waals surface area (Å²) in [6.45, 7) is 0.960. The molecule has 0 bridgehead atoms. The van der Waals surface area contributed by atoms with Crippen molar-refractivity contribution in [2.45, 2.75) is 24.9 Å². The standard InChI is InChI=1S/C16H16BrN/c17-14-8-6-12(7-9-14)11-18-16-10-15(16)13-4-2-1-3-5-13/h1-9,15-16,18H,10-11H2/t15-,16+/m1/s1. The largest absolute Gasteiger partial charge is 0.309 e. The van der Waals surface area contributed by atoms with Gasteiger partial charge >= 0.3 is 0 Å². The van der Waals surface area contributed by atoms with E-state index in [4.69, 9.17) is 0 Å². The van der Waals surface area contributed by atoms with E-state index in [-0.39, 0.29) is 0 Å². The Hall–Kier alpha value is -1.12. The van der Waals surface area contributed by atoms with Gasteiger partial charge in [-0.2, -0.15) is 0 Å². The molecule has 1 saturated carbocycles. The van der Waals surface area contributed by atoms with Gasteiger partial charge in [-0.25, -0.2) is 0 Å². The first-order chi connectivity index (χ1) is 8.83. The normalized spacial score (nSPS) is 21.8. The molecule has 0 unspecified atom stereocenters. The molecule has 2 heteroatoms. The summed E-state index contributed by atoms with van der Waals surface area (Å²) in [5.74, 6) is 0.710. The second-order valence-electron chi connectivity index (χ2n) is 4.87. The highest BCUT2D eigenvalue weighted by molar-refractivity contribution is 9.10. The fourth-order valence-corrected chi connectivity index (χ4v) is 2.60. The van der Waals surface area contributed by atoms with Gasteiger partial charge in [0.15, 0.2) is 0 Å².